The van der Waals surface area contributed by atoms with E-state index in [9.17, 15) is 27.6 Å². The van der Waals surface area contributed by atoms with Crippen molar-refractivity contribution in [3.8, 4) is 12.1 Å². The number of amides is 4. The van der Waals surface area contributed by atoms with Crippen LogP contribution in [-0.4, -0.2) is 75.0 Å². The first-order valence-corrected chi connectivity index (χ1v) is 13.9. The highest BCUT2D eigenvalue weighted by molar-refractivity contribution is 7.89. The normalized spacial score (nSPS) is 12.5. The molecule has 0 saturated heterocycles. The average Bonchev–Trinajstić information content (AvgIpc) is 3.30. The van der Waals surface area contributed by atoms with Gasteiger partial charge in [-0.15, -0.1) is 11.3 Å². The molecule has 2 aromatic rings. The highest BCUT2D eigenvalue weighted by Crippen LogP contribution is 2.37. The van der Waals surface area contributed by atoms with Crippen LogP contribution in [0.15, 0.2) is 29.2 Å². The average molecular weight is 589 g/mol. The molecule has 1 aliphatic heterocycles. The predicted octanol–water partition coefficient (Wildman–Crippen LogP) is 2.05. The number of rotatable bonds is 8. The molecular formula is C24H24N6O8S2. The van der Waals surface area contributed by atoms with Gasteiger partial charge in [-0.2, -0.15) is 14.8 Å². The minimum Gasteiger partial charge on any atom is -0.453 e. The van der Waals surface area contributed by atoms with E-state index >= 15 is 0 Å². The van der Waals surface area contributed by atoms with Crippen LogP contribution in [0.5, 0.6) is 0 Å². The lowest BCUT2D eigenvalue weighted by Crippen LogP contribution is -2.37. The van der Waals surface area contributed by atoms with E-state index in [4.69, 9.17) is 15.3 Å². The lowest BCUT2D eigenvalue weighted by Gasteiger charge is -2.26. The standard InChI is InChI=1S/C24H24N6O8S2/c1-3-38-24(34)29-11-8-17-18(14-29)39-22(19(17)21(32)28-23(33)37-2)27-20(31)15-4-6-16(7-5-15)40(35,36)30(12-9-25)13-10-26/h4-7H,3,8,11-14H2,1-2H3,(H,27,31)(H,28,32,33). The summed E-state index contributed by atoms with van der Waals surface area (Å²) in [5, 5.41) is 22.6. The minimum absolute atomic E-state index is 0.0462. The zero-order valence-electron chi connectivity index (χ0n) is 21.4. The number of ether oxygens (including phenoxy) is 2. The van der Waals surface area contributed by atoms with Gasteiger partial charge in [0.15, 0.2) is 0 Å². The monoisotopic (exact) mass is 588 g/mol. The summed E-state index contributed by atoms with van der Waals surface area (Å²) >= 11 is 1.05. The molecule has 1 aromatic heterocycles. The van der Waals surface area contributed by atoms with Crippen molar-refractivity contribution in [2.24, 2.45) is 0 Å². The lowest BCUT2D eigenvalue weighted by molar-refractivity contribution is 0.0936. The van der Waals surface area contributed by atoms with Gasteiger partial charge in [0.2, 0.25) is 10.0 Å². The number of thiophene rings is 1. The first-order chi connectivity index (χ1) is 19.1. The van der Waals surface area contributed by atoms with E-state index in [0.29, 0.717) is 14.7 Å². The summed E-state index contributed by atoms with van der Waals surface area (Å²) < 4.78 is 35.8. The molecule has 16 heteroatoms. The molecule has 4 amide bonds. The SMILES string of the molecule is CCOC(=O)N1CCc2c(sc(NC(=O)c3ccc(S(=O)(=O)N(CC#N)CC#N)cc3)c2C(=O)NC(=O)OC)C1. The van der Waals surface area contributed by atoms with Gasteiger partial charge in [-0.1, -0.05) is 0 Å². The molecule has 0 aliphatic carbocycles. The van der Waals surface area contributed by atoms with E-state index in [-0.39, 0.29) is 47.1 Å². The first-order valence-electron chi connectivity index (χ1n) is 11.7. The number of imide groups is 1. The number of alkyl carbamates (subject to hydrolysis) is 1. The summed E-state index contributed by atoms with van der Waals surface area (Å²) in [5.74, 6) is -1.48. The molecule has 1 aromatic carbocycles. The molecule has 2 N–H and O–H groups in total. The molecule has 210 valence electrons. The van der Waals surface area contributed by atoms with E-state index in [1.54, 1.807) is 19.1 Å². The molecule has 1 aliphatic rings. The fraction of sp³-hybridized carbons (Fsp3) is 0.333. The van der Waals surface area contributed by atoms with Crippen LogP contribution in [0.4, 0.5) is 14.6 Å². The van der Waals surface area contributed by atoms with E-state index in [1.165, 1.54) is 17.0 Å². The van der Waals surface area contributed by atoms with Crippen LogP contribution in [0, 0.1) is 22.7 Å². The molecule has 0 bridgehead atoms. The van der Waals surface area contributed by atoms with Gasteiger partial charge in [0.05, 0.1) is 42.9 Å². The van der Waals surface area contributed by atoms with Gasteiger partial charge in [-0.25, -0.2) is 18.0 Å². The number of methoxy groups -OCH3 is 1. The molecule has 0 radical (unpaired) electrons. The zero-order valence-corrected chi connectivity index (χ0v) is 23.1. The molecule has 0 spiro atoms. The second-order valence-electron chi connectivity index (χ2n) is 8.09. The number of carbonyl (C=O) groups is 4. The first kappa shape index (κ1) is 30.0. The van der Waals surface area contributed by atoms with Crippen LogP contribution >= 0.6 is 11.3 Å². The number of fused-ring (bicyclic) bond motifs is 1. The van der Waals surface area contributed by atoms with Crippen molar-refractivity contribution in [2.75, 3.05) is 38.7 Å². The highest BCUT2D eigenvalue weighted by atomic mass is 32.2. The number of nitrogens with one attached hydrogen (secondary N) is 2. The van der Waals surface area contributed by atoms with Crippen molar-refractivity contribution >= 4 is 50.4 Å². The molecule has 0 unspecified atom stereocenters. The lowest BCUT2D eigenvalue weighted by atomic mass is 10.0. The molecule has 0 fully saturated rings. The van der Waals surface area contributed by atoms with Crippen LogP contribution in [0.3, 0.4) is 0 Å². The van der Waals surface area contributed by atoms with Crippen molar-refractivity contribution in [3.63, 3.8) is 0 Å². The second-order valence-corrected chi connectivity index (χ2v) is 11.1. The number of nitrogens with zero attached hydrogens (tertiary/aromatic N) is 4. The van der Waals surface area contributed by atoms with Gasteiger partial charge in [0.25, 0.3) is 11.8 Å². The summed E-state index contributed by atoms with van der Waals surface area (Å²) in [7, 11) is -3.07. The minimum atomic E-state index is -4.16. The summed E-state index contributed by atoms with van der Waals surface area (Å²) in [6.07, 6.45) is -1.26. The predicted molar refractivity (Wildman–Crippen MR) is 140 cm³/mol. The number of hydrogen-bond donors (Lipinski definition) is 2. The van der Waals surface area contributed by atoms with Crippen LogP contribution < -0.4 is 10.6 Å². The number of carbonyl (C=O) groups excluding carboxylic acids is 4. The second kappa shape index (κ2) is 13.0. The third-order valence-corrected chi connectivity index (χ3v) is 8.62. The maximum Gasteiger partial charge on any atom is 0.413 e. The Bertz CT molecular complexity index is 1490. The van der Waals surface area contributed by atoms with Gasteiger partial charge in [0.1, 0.15) is 18.1 Å². The van der Waals surface area contributed by atoms with E-state index in [0.717, 1.165) is 30.6 Å². The molecule has 14 nitrogen and oxygen atoms in total. The maximum atomic E-state index is 13.1. The van der Waals surface area contributed by atoms with E-state index < -0.39 is 47.1 Å². The molecule has 0 saturated carbocycles. The van der Waals surface area contributed by atoms with Crippen LogP contribution in [0.25, 0.3) is 0 Å². The Kier molecular flexibility index (Phi) is 9.78. The van der Waals surface area contributed by atoms with E-state index in [2.05, 4.69) is 15.4 Å². The Labute approximate surface area is 233 Å². The van der Waals surface area contributed by atoms with E-state index in [1.807, 2.05) is 0 Å². The summed E-state index contributed by atoms with van der Waals surface area (Å²) in [6.45, 7) is 1.20. The Morgan fingerprint density at radius 1 is 1.10 bits per heavy atom. The van der Waals surface area contributed by atoms with Crippen molar-refractivity contribution in [1.82, 2.24) is 14.5 Å². The van der Waals surface area contributed by atoms with Gasteiger partial charge in [-0.05, 0) is 43.2 Å². The topological polar surface area (TPSA) is 199 Å². The number of benzene rings is 1. The molecule has 2 heterocycles. The molecular weight excluding hydrogens is 564 g/mol. The quantitative estimate of drug-likeness (QED) is 0.430. The highest BCUT2D eigenvalue weighted by Gasteiger charge is 2.32. The Hall–Kier alpha value is -4.51. The summed E-state index contributed by atoms with van der Waals surface area (Å²) in [6, 6.07) is 8.19. The van der Waals surface area contributed by atoms with Crippen LogP contribution in [-0.2, 0) is 32.5 Å². The fourth-order valence-electron chi connectivity index (χ4n) is 3.79. The van der Waals surface area contributed by atoms with Crippen molar-refractivity contribution < 1.29 is 37.1 Å². The number of anilines is 1. The maximum absolute atomic E-state index is 13.1. The number of hydrogen-bond acceptors (Lipinski definition) is 11. The zero-order chi connectivity index (χ0) is 29.4. The van der Waals surface area contributed by atoms with Crippen molar-refractivity contribution in [1.29, 1.82) is 10.5 Å². The largest absolute Gasteiger partial charge is 0.453 e. The molecule has 0 atom stereocenters. The molecule has 40 heavy (non-hydrogen) atoms. The van der Waals surface area contributed by atoms with Gasteiger partial charge in [-0.3, -0.25) is 14.9 Å². The third kappa shape index (κ3) is 6.55. The van der Waals surface area contributed by atoms with Gasteiger partial charge < -0.3 is 19.7 Å². The smallest absolute Gasteiger partial charge is 0.413 e. The Morgan fingerprint density at radius 3 is 2.33 bits per heavy atom. The summed E-state index contributed by atoms with van der Waals surface area (Å²) in [4.78, 5) is 51.8. The van der Waals surface area contributed by atoms with Crippen molar-refractivity contribution in [3.05, 3.63) is 45.8 Å². The van der Waals surface area contributed by atoms with Crippen LogP contribution in [0.2, 0.25) is 0 Å². The van der Waals surface area contributed by atoms with Gasteiger partial charge >= 0.3 is 12.2 Å². The van der Waals surface area contributed by atoms with Crippen molar-refractivity contribution in [2.45, 2.75) is 24.8 Å². The number of sulfonamides is 1. The number of nitriles is 2. The Balaban J connectivity index is 1.90. The fourth-order valence-corrected chi connectivity index (χ4v) is 6.28. The Morgan fingerprint density at radius 2 is 1.75 bits per heavy atom. The summed E-state index contributed by atoms with van der Waals surface area (Å²) in [5.41, 5.74) is 0.647. The molecule has 3 rings (SSSR count). The van der Waals surface area contributed by atoms with Gasteiger partial charge in [0, 0.05) is 17.0 Å². The third-order valence-electron chi connectivity index (χ3n) is 5.69. The van der Waals surface area contributed by atoms with Crippen LogP contribution in [0.1, 0.15) is 38.1 Å².